The first-order valence-electron chi connectivity index (χ1n) is 6.76. The average Bonchev–Trinajstić information content (AvgIpc) is 2.42. The molecule has 20 heavy (non-hydrogen) atoms. The van der Waals surface area contributed by atoms with Gasteiger partial charge in [0.15, 0.2) is 0 Å². The number of amides is 1. The number of anilines is 1. The number of carbonyl (C=O) groups is 1. The third-order valence-electron chi connectivity index (χ3n) is 3.71. The largest absolute Gasteiger partial charge is 0.325 e. The van der Waals surface area contributed by atoms with E-state index >= 15 is 0 Å². The number of carbonyl (C=O) groups excluding carboxylic acids is 1. The summed E-state index contributed by atoms with van der Waals surface area (Å²) < 4.78 is 0. The van der Waals surface area contributed by atoms with Gasteiger partial charge in [-0.25, -0.2) is 0 Å². The summed E-state index contributed by atoms with van der Waals surface area (Å²) in [5.41, 5.74) is 2.02. The summed E-state index contributed by atoms with van der Waals surface area (Å²) >= 11 is 0. The highest BCUT2D eigenvalue weighted by Gasteiger charge is 2.22. The van der Waals surface area contributed by atoms with Crippen molar-refractivity contribution in [1.82, 2.24) is 5.32 Å². The second-order valence-electron chi connectivity index (χ2n) is 5.22. The van der Waals surface area contributed by atoms with Crippen molar-refractivity contribution in [2.75, 3.05) is 18.4 Å². The molecule has 0 atom stereocenters. The van der Waals surface area contributed by atoms with Crippen LogP contribution in [0.25, 0.3) is 0 Å². The Labute approximate surface area is 117 Å². The number of nitrogens with one attached hydrogen (secondary N) is 2. The van der Waals surface area contributed by atoms with Gasteiger partial charge >= 0.3 is 0 Å². The Kier molecular flexibility index (Phi) is 4.34. The fourth-order valence-corrected chi connectivity index (χ4v) is 2.49. The maximum absolute atomic E-state index is 12.2. The summed E-state index contributed by atoms with van der Waals surface area (Å²) in [6.45, 7) is 5.22. The van der Waals surface area contributed by atoms with Gasteiger partial charge in [-0.05, 0) is 51.4 Å². The zero-order valence-electron chi connectivity index (χ0n) is 11.7. The van der Waals surface area contributed by atoms with Gasteiger partial charge in [0.25, 0.3) is 5.69 Å². The summed E-state index contributed by atoms with van der Waals surface area (Å²) in [6, 6.07) is 3.18. The number of hydrogen-bond donors (Lipinski definition) is 2. The highest BCUT2D eigenvalue weighted by Crippen LogP contribution is 2.27. The number of rotatable bonds is 3. The molecule has 1 aliphatic rings. The first kappa shape index (κ1) is 14.5. The Morgan fingerprint density at radius 2 is 1.95 bits per heavy atom. The monoisotopic (exact) mass is 277 g/mol. The molecule has 6 nitrogen and oxygen atoms in total. The van der Waals surface area contributed by atoms with Crippen LogP contribution in [-0.2, 0) is 4.79 Å². The molecule has 0 saturated carbocycles. The smallest absolute Gasteiger partial charge is 0.274 e. The predicted molar refractivity (Wildman–Crippen MR) is 76.8 cm³/mol. The molecule has 1 fully saturated rings. The van der Waals surface area contributed by atoms with Crippen LogP contribution in [0.5, 0.6) is 0 Å². The molecule has 1 saturated heterocycles. The topological polar surface area (TPSA) is 84.3 Å². The Balaban J connectivity index is 2.18. The van der Waals surface area contributed by atoms with E-state index in [0.29, 0.717) is 11.3 Å². The van der Waals surface area contributed by atoms with Crippen LogP contribution in [0.2, 0.25) is 0 Å². The van der Waals surface area contributed by atoms with Crippen molar-refractivity contribution >= 4 is 17.3 Å². The number of nitrogens with zero attached hydrogens (tertiary/aromatic N) is 1. The Morgan fingerprint density at radius 3 is 2.55 bits per heavy atom. The van der Waals surface area contributed by atoms with E-state index in [2.05, 4.69) is 10.6 Å². The molecule has 2 rings (SSSR count). The lowest BCUT2D eigenvalue weighted by molar-refractivity contribution is -0.385. The zero-order chi connectivity index (χ0) is 14.7. The molecule has 1 aliphatic heterocycles. The molecule has 1 amide bonds. The summed E-state index contributed by atoms with van der Waals surface area (Å²) in [5, 5.41) is 17.0. The van der Waals surface area contributed by atoms with Crippen molar-refractivity contribution in [3.8, 4) is 0 Å². The van der Waals surface area contributed by atoms with Gasteiger partial charge in [0.2, 0.25) is 5.91 Å². The zero-order valence-corrected chi connectivity index (χ0v) is 11.7. The van der Waals surface area contributed by atoms with Crippen molar-refractivity contribution in [1.29, 1.82) is 0 Å². The van der Waals surface area contributed by atoms with E-state index in [1.807, 2.05) is 6.92 Å². The Bertz CT molecular complexity index is 537. The Hall–Kier alpha value is -1.95. The van der Waals surface area contributed by atoms with E-state index in [-0.39, 0.29) is 17.5 Å². The van der Waals surface area contributed by atoms with Gasteiger partial charge in [0.05, 0.1) is 10.6 Å². The van der Waals surface area contributed by atoms with E-state index in [1.54, 1.807) is 13.0 Å². The van der Waals surface area contributed by atoms with E-state index in [9.17, 15) is 14.9 Å². The summed E-state index contributed by atoms with van der Waals surface area (Å²) in [6.07, 6.45) is 1.61. The van der Waals surface area contributed by atoms with E-state index in [4.69, 9.17) is 0 Å². The van der Waals surface area contributed by atoms with Gasteiger partial charge in [-0.1, -0.05) is 0 Å². The molecule has 0 radical (unpaired) electrons. The standard InChI is InChI=1S/C14H19N3O3/c1-9-7-10(2)13(17(19)20)8-12(9)16-14(18)11-3-5-15-6-4-11/h7-8,11,15H,3-6H2,1-2H3,(H,16,18). The number of nitro groups is 1. The van der Waals surface area contributed by atoms with Gasteiger partial charge in [0.1, 0.15) is 0 Å². The van der Waals surface area contributed by atoms with Crippen molar-refractivity contribution in [2.24, 2.45) is 5.92 Å². The Morgan fingerprint density at radius 1 is 1.30 bits per heavy atom. The van der Waals surface area contributed by atoms with Gasteiger partial charge in [-0.3, -0.25) is 14.9 Å². The quantitative estimate of drug-likeness (QED) is 0.655. The van der Waals surface area contributed by atoms with Gasteiger partial charge in [0, 0.05) is 17.5 Å². The number of benzene rings is 1. The molecule has 0 bridgehead atoms. The molecule has 1 aromatic rings. The lowest BCUT2D eigenvalue weighted by Crippen LogP contribution is -2.34. The molecule has 2 N–H and O–H groups in total. The van der Waals surface area contributed by atoms with Crippen LogP contribution < -0.4 is 10.6 Å². The van der Waals surface area contributed by atoms with Crippen LogP contribution in [0, 0.1) is 29.9 Å². The lowest BCUT2D eigenvalue weighted by atomic mass is 9.97. The van der Waals surface area contributed by atoms with Crippen LogP contribution in [0.15, 0.2) is 12.1 Å². The van der Waals surface area contributed by atoms with Crippen LogP contribution >= 0.6 is 0 Å². The molecule has 0 spiro atoms. The molecule has 6 heteroatoms. The second-order valence-corrected chi connectivity index (χ2v) is 5.22. The maximum Gasteiger partial charge on any atom is 0.274 e. The highest BCUT2D eigenvalue weighted by atomic mass is 16.6. The number of aryl methyl sites for hydroxylation is 2. The summed E-state index contributed by atoms with van der Waals surface area (Å²) in [7, 11) is 0. The minimum absolute atomic E-state index is 0.0176. The normalized spacial score (nSPS) is 15.9. The van der Waals surface area contributed by atoms with E-state index in [0.717, 1.165) is 31.5 Å². The summed E-state index contributed by atoms with van der Waals surface area (Å²) in [5.74, 6) is -0.0660. The third-order valence-corrected chi connectivity index (χ3v) is 3.71. The lowest BCUT2D eigenvalue weighted by Gasteiger charge is -2.22. The molecular weight excluding hydrogens is 258 g/mol. The second kappa shape index (κ2) is 6.00. The van der Waals surface area contributed by atoms with Crippen LogP contribution in [0.1, 0.15) is 24.0 Å². The third kappa shape index (κ3) is 3.14. The predicted octanol–water partition coefficient (Wildman–Crippen LogP) is 2.15. The number of piperidine rings is 1. The van der Waals surface area contributed by atoms with Gasteiger partial charge in [-0.2, -0.15) is 0 Å². The average molecular weight is 277 g/mol. The number of nitro benzene ring substituents is 1. The van der Waals surface area contributed by atoms with Crippen molar-refractivity contribution < 1.29 is 9.72 Å². The minimum Gasteiger partial charge on any atom is -0.325 e. The van der Waals surface area contributed by atoms with Crippen LogP contribution in [-0.4, -0.2) is 23.9 Å². The molecule has 1 aromatic carbocycles. The first-order valence-corrected chi connectivity index (χ1v) is 6.76. The molecule has 0 aromatic heterocycles. The maximum atomic E-state index is 12.2. The molecular formula is C14H19N3O3. The minimum atomic E-state index is -0.422. The number of hydrogen-bond acceptors (Lipinski definition) is 4. The highest BCUT2D eigenvalue weighted by molar-refractivity contribution is 5.93. The van der Waals surface area contributed by atoms with Crippen molar-refractivity contribution in [2.45, 2.75) is 26.7 Å². The van der Waals surface area contributed by atoms with Crippen molar-refractivity contribution in [3.63, 3.8) is 0 Å². The fourth-order valence-electron chi connectivity index (χ4n) is 2.49. The van der Waals surface area contributed by atoms with Crippen LogP contribution in [0.4, 0.5) is 11.4 Å². The SMILES string of the molecule is Cc1cc(C)c([N+](=O)[O-])cc1NC(=O)C1CCNCC1. The van der Waals surface area contributed by atoms with Crippen molar-refractivity contribution in [3.05, 3.63) is 33.4 Å². The van der Waals surface area contributed by atoms with E-state index < -0.39 is 4.92 Å². The van der Waals surface area contributed by atoms with E-state index in [1.165, 1.54) is 6.07 Å². The van der Waals surface area contributed by atoms with Gasteiger partial charge < -0.3 is 10.6 Å². The van der Waals surface area contributed by atoms with Crippen LogP contribution in [0.3, 0.4) is 0 Å². The molecule has 1 heterocycles. The summed E-state index contributed by atoms with van der Waals surface area (Å²) in [4.78, 5) is 22.7. The molecule has 0 aliphatic carbocycles. The molecule has 108 valence electrons. The molecule has 0 unspecified atom stereocenters. The first-order chi connectivity index (χ1) is 9.49. The fraction of sp³-hybridized carbons (Fsp3) is 0.500. The van der Waals surface area contributed by atoms with Gasteiger partial charge in [-0.15, -0.1) is 0 Å².